The summed E-state index contributed by atoms with van der Waals surface area (Å²) in [5, 5.41) is 47.1. The van der Waals surface area contributed by atoms with Gasteiger partial charge in [0.1, 0.15) is 30.1 Å². The van der Waals surface area contributed by atoms with E-state index in [2.05, 4.69) is 22.4 Å². The van der Waals surface area contributed by atoms with Gasteiger partial charge < -0.3 is 35.6 Å². The predicted octanol–water partition coefficient (Wildman–Crippen LogP) is -0.623. The normalized spacial score (nSPS) is 26.8. The second kappa shape index (κ2) is 12.4. The van der Waals surface area contributed by atoms with E-state index < -0.39 is 37.1 Å². The van der Waals surface area contributed by atoms with Crippen molar-refractivity contribution in [1.82, 2.24) is 15.0 Å². The minimum Gasteiger partial charge on any atom is -0.394 e. The van der Waals surface area contributed by atoms with Gasteiger partial charge in [0.05, 0.1) is 32.1 Å². The van der Waals surface area contributed by atoms with Crippen LogP contribution in [0.3, 0.4) is 0 Å². The molecule has 178 valence electrons. The monoisotopic (exact) mass is 450 g/mol. The molecule has 1 aromatic heterocycles. The summed E-state index contributed by atoms with van der Waals surface area (Å²) in [6, 6.07) is 10.0. The second-order valence-corrected chi connectivity index (χ2v) is 8.30. The molecule has 3 rings (SSSR count). The van der Waals surface area contributed by atoms with Crippen molar-refractivity contribution in [2.24, 2.45) is 5.73 Å². The summed E-state index contributed by atoms with van der Waals surface area (Å²) in [6.45, 7) is 0.995. The van der Waals surface area contributed by atoms with Gasteiger partial charge in [0.15, 0.2) is 0 Å². The minimum atomic E-state index is -1.33. The lowest BCUT2D eigenvalue weighted by Gasteiger charge is -2.40. The number of hydrogen-bond donors (Lipinski definition) is 5. The molecular formula is C22H34N4O6. The average molecular weight is 451 g/mol. The first-order valence-corrected chi connectivity index (χ1v) is 11.0. The van der Waals surface area contributed by atoms with Gasteiger partial charge in [0, 0.05) is 12.6 Å². The fraction of sp³-hybridized carbons (Fsp3) is 0.636. The SMILES string of the molecule is N[C@H](Cc1ccccc1)Cn1cc(COCCCCC2OC(CO)C(O)C(O)C2O)nn1. The van der Waals surface area contributed by atoms with Gasteiger partial charge in [-0.15, -0.1) is 5.10 Å². The van der Waals surface area contributed by atoms with Gasteiger partial charge in [-0.2, -0.15) is 0 Å². The Morgan fingerprint density at radius 1 is 1.06 bits per heavy atom. The van der Waals surface area contributed by atoms with E-state index in [-0.39, 0.29) is 6.04 Å². The van der Waals surface area contributed by atoms with E-state index >= 15 is 0 Å². The van der Waals surface area contributed by atoms with E-state index in [4.69, 9.17) is 15.2 Å². The molecule has 1 saturated heterocycles. The molecule has 2 aromatic rings. The quantitative estimate of drug-likeness (QED) is 0.266. The molecule has 1 aliphatic heterocycles. The first-order chi connectivity index (χ1) is 15.5. The summed E-state index contributed by atoms with van der Waals surface area (Å²) in [4.78, 5) is 0. The molecule has 6 atom stereocenters. The zero-order valence-electron chi connectivity index (χ0n) is 18.1. The fourth-order valence-electron chi connectivity index (χ4n) is 3.86. The van der Waals surface area contributed by atoms with Gasteiger partial charge >= 0.3 is 0 Å². The van der Waals surface area contributed by atoms with E-state index in [9.17, 15) is 20.4 Å². The smallest absolute Gasteiger partial charge is 0.111 e. The van der Waals surface area contributed by atoms with Crippen LogP contribution in [0.4, 0.5) is 0 Å². The number of hydrogen-bond acceptors (Lipinski definition) is 9. The van der Waals surface area contributed by atoms with Crippen LogP contribution in [0.1, 0.15) is 30.5 Å². The summed E-state index contributed by atoms with van der Waals surface area (Å²) < 4.78 is 12.9. The predicted molar refractivity (Wildman–Crippen MR) is 115 cm³/mol. The molecule has 10 heteroatoms. The third-order valence-electron chi connectivity index (χ3n) is 5.62. The summed E-state index contributed by atoms with van der Waals surface area (Å²) >= 11 is 0. The van der Waals surface area contributed by atoms with Crippen LogP contribution in [0.25, 0.3) is 0 Å². The molecule has 1 fully saturated rings. The van der Waals surface area contributed by atoms with E-state index in [0.717, 1.165) is 18.5 Å². The summed E-state index contributed by atoms with van der Waals surface area (Å²) in [7, 11) is 0. The largest absolute Gasteiger partial charge is 0.394 e. The zero-order valence-corrected chi connectivity index (χ0v) is 18.1. The van der Waals surface area contributed by atoms with Crippen LogP contribution in [0, 0.1) is 0 Å². The third-order valence-corrected chi connectivity index (χ3v) is 5.62. The Hall–Kier alpha value is -1.92. The Labute approximate surface area is 187 Å². The molecule has 0 amide bonds. The van der Waals surface area contributed by atoms with Crippen molar-refractivity contribution in [3.8, 4) is 0 Å². The number of aliphatic hydroxyl groups is 4. The molecule has 1 aliphatic rings. The lowest BCUT2D eigenvalue weighted by Crippen LogP contribution is -2.58. The Kier molecular flexibility index (Phi) is 9.54. The summed E-state index contributed by atoms with van der Waals surface area (Å²) in [5.41, 5.74) is 8.13. The molecule has 5 unspecified atom stereocenters. The zero-order chi connectivity index (χ0) is 22.9. The van der Waals surface area contributed by atoms with Crippen LogP contribution in [-0.4, -0.2) is 85.2 Å². The highest BCUT2D eigenvalue weighted by atomic mass is 16.5. The van der Waals surface area contributed by atoms with Crippen LogP contribution in [0.2, 0.25) is 0 Å². The summed E-state index contributed by atoms with van der Waals surface area (Å²) in [5.74, 6) is 0. The molecule has 0 radical (unpaired) electrons. The van der Waals surface area contributed by atoms with Crippen LogP contribution in [0.15, 0.2) is 36.5 Å². The first kappa shape index (κ1) is 24.7. The number of benzene rings is 1. The molecule has 2 heterocycles. The minimum absolute atomic E-state index is 0.0599. The van der Waals surface area contributed by atoms with E-state index in [0.29, 0.717) is 32.6 Å². The van der Waals surface area contributed by atoms with E-state index in [1.807, 2.05) is 24.4 Å². The van der Waals surface area contributed by atoms with Gasteiger partial charge in [-0.05, 0) is 31.2 Å². The molecule has 0 saturated carbocycles. The highest BCUT2D eigenvalue weighted by molar-refractivity contribution is 5.15. The number of ether oxygens (including phenoxy) is 2. The van der Waals surface area contributed by atoms with Gasteiger partial charge in [-0.3, -0.25) is 4.68 Å². The van der Waals surface area contributed by atoms with Crippen molar-refractivity contribution < 1.29 is 29.9 Å². The van der Waals surface area contributed by atoms with Gasteiger partial charge in [0.25, 0.3) is 0 Å². The van der Waals surface area contributed by atoms with Crippen molar-refractivity contribution in [2.75, 3.05) is 13.2 Å². The second-order valence-electron chi connectivity index (χ2n) is 8.30. The van der Waals surface area contributed by atoms with Gasteiger partial charge in [0.2, 0.25) is 0 Å². The molecular weight excluding hydrogens is 416 g/mol. The molecule has 6 N–H and O–H groups in total. The van der Waals surface area contributed by atoms with Crippen LogP contribution < -0.4 is 5.73 Å². The maximum atomic E-state index is 10.0. The number of unbranched alkanes of at least 4 members (excludes halogenated alkanes) is 1. The third kappa shape index (κ3) is 7.04. The maximum absolute atomic E-state index is 10.0. The van der Waals surface area contributed by atoms with Crippen molar-refractivity contribution in [2.45, 2.75) is 75.4 Å². The average Bonchev–Trinajstić information content (AvgIpc) is 3.23. The topological polar surface area (TPSA) is 156 Å². The van der Waals surface area contributed by atoms with Crippen molar-refractivity contribution in [3.63, 3.8) is 0 Å². The van der Waals surface area contributed by atoms with E-state index in [1.165, 1.54) is 5.56 Å². The van der Waals surface area contributed by atoms with Crippen LogP contribution in [0.5, 0.6) is 0 Å². The standard InChI is InChI=1S/C22H34N4O6/c23-16(10-15-6-2-1-3-7-15)11-26-12-17(24-25-26)14-31-9-5-4-8-18-20(28)22(30)21(29)19(13-27)32-18/h1-3,6-7,12,16,18-22,27-30H,4-5,8-11,13-14,23H2/t16-,18?,19?,20?,21?,22?/m1/s1. The van der Waals surface area contributed by atoms with Crippen molar-refractivity contribution >= 4 is 0 Å². The highest BCUT2D eigenvalue weighted by Gasteiger charge is 2.42. The molecule has 10 nitrogen and oxygen atoms in total. The lowest BCUT2D eigenvalue weighted by molar-refractivity contribution is -0.230. The number of nitrogens with zero attached hydrogens (tertiary/aromatic N) is 3. The lowest BCUT2D eigenvalue weighted by atomic mass is 9.92. The number of aliphatic hydroxyl groups excluding tert-OH is 4. The Balaban J connectivity index is 1.30. The first-order valence-electron chi connectivity index (χ1n) is 11.0. The van der Waals surface area contributed by atoms with Crippen LogP contribution >= 0.6 is 0 Å². The van der Waals surface area contributed by atoms with Crippen molar-refractivity contribution in [3.05, 3.63) is 47.8 Å². The Bertz CT molecular complexity index is 790. The fourth-order valence-corrected chi connectivity index (χ4v) is 3.86. The molecule has 0 aliphatic carbocycles. The number of nitrogens with two attached hydrogens (primary N) is 1. The van der Waals surface area contributed by atoms with E-state index in [1.54, 1.807) is 4.68 Å². The molecule has 1 aromatic carbocycles. The summed E-state index contributed by atoms with van der Waals surface area (Å²) in [6.07, 6.45) is -0.823. The maximum Gasteiger partial charge on any atom is 0.111 e. The number of aromatic nitrogens is 3. The molecule has 0 spiro atoms. The number of rotatable bonds is 12. The van der Waals surface area contributed by atoms with Gasteiger partial charge in [-0.25, -0.2) is 0 Å². The van der Waals surface area contributed by atoms with Crippen LogP contribution in [-0.2, 0) is 29.0 Å². The molecule has 0 bridgehead atoms. The Morgan fingerprint density at radius 3 is 2.56 bits per heavy atom. The molecule has 32 heavy (non-hydrogen) atoms. The Morgan fingerprint density at radius 2 is 1.81 bits per heavy atom. The highest BCUT2D eigenvalue weighted by Crippen LogP contribution is 2.24. The van der Waals surface area contributed by atoms with Crippen molar-refractivity contribution in [1.29, 1.82) is 0 Å². The van der Waals surface area contributed by atoms with Gasteiger partial charge in [-0.1, -0.05) is 35.5 Å².